The molecule has 2 aromatic rings. The molecule has 0 radical (unpaired) electrons. The zero-order valence-corrected chi connectivity index (χ0v) is 11.3. The van der Waals surface area contributed by atoms with E-state index in [4.69, 9.17) is 15.2 Å². The molecule has 0 spiro atoms. The molecule has 5 nitrogen and oxygen atoms in total. The van der Waals surface area contributed by atoms with Crippen molar-refractivity contribution in [1.82, 2.24) is 0 Å². The minimum atomic E-state index is -0.268. The van der Waals surface area contributed by atoms with Crippen LogP contribution in [0, 0.1) is 0 Å². The summed E-state index contributed by atoms with van der Waals surface area (Å²) in [6.07, 6.45) is 0. The molecule has 0 saturated carbocycles. The summed E-state index contributed by atoms with van der Waals surface area (Å²) in [6, 6.07) is 12.0. The van der Waals surface area contributed by atoms with Gasteiger partial charge in [0.2, 0.25) is 0 Å². The Labute approximate surface area is 117 Å². The van der Waals surface area contributed by atoms with Gasteiger partial charge in [0.1, 0.15) is 11.5 Å². The SMILES string of the molecule is COc1ccc(C(=O)Nc2cccc(N)c2)c(OC)c1. The van der Waals surface area contributed by atoms with Gasteiger partial charge in [0.15, 0.2) is 0 Å². The van der Waals surface area contributed by atoms with Crippen molar-refractivity contribution in [3.8, 4) is 11.5 Å². The summed E-state index contributed by atoms with van der Waals surface area (Å²) in [7, 11) is 3.06. The summed E-state index contributed by atoms with van der Waals surface area (Å²) in [4.78, 5) is 12.2. The van der Waals surface area contributed by atoms with Gasteiger partial charge in [-0.25, -0.2) is 0 Å². The molecule has 0 saturated heterocycles. The highest BCUT2D eigenvalue weighted by atomic mass is 16.5. The number of benzene rings is 2. The van der Waals surface area contributed by atoms with Crippen molar-refractivity contribution < 1.29 is 14.3 Å². The predicted molar refractivity (Wildman–Crippen MR) is 78.4 cm³/mol. The lowest BCUT2D eigenvalue weighted by atomic mass is 10.1. The summed E-state index contributed by atoms with van der Waals surface area (Å²) >= 11 is 0. The van der Waals surface area contributed by atoms with Crippen molar-refractivity contribution in [1.29, 1.82) is 0 Å². The molecule has 0 aromatic heterocycles. The highest BCUT2D eigenvalue weighted by molar-refractivity contribution is 6.06. The van der Waals surface area contributed by atoms with Crippen molar-refractivity contribution in [3.05, 3.63) is 48.0 Å². The monoisotopic (exact) mass is 272 g/mol. The van der Waals surface area contributed by atoms with E-state index in [-0.39, 0.29) is 5.91 Å². The predicted octanol–water partition coefficient (Wildman–Crippen LogP) is 2.54. The van der Waals surface area contributed by atoms with Crippen LogP contribution in [0.1, 0.15) is 10.4 Å². The van der Waals surface area contributed by atoms with Crippen molar-refractivity contribution >= 4 is 17.3 Å². The van der Waals surface area contributed by atoms with Gasteiger partial charge in [0.05, 0.1) is 19.8 Å². The third kappa shape index (κ3) is 3.00. The number of rotatable bonds is 4. The second kappa shape index (κ2) is 5.97. The normalized spacial score (nSPS) is 9.90. The van der Waals surface area contributed by atoms with E-state index in [1.165, 1.54) is 7.11 Å². The Morgan fingerprint density at radius 2 is 1.90 bits per heavy atom. The van der Waals surface area contributed by atoms with E-state index in [9.17, 15) is 4.79 Å². The van der Waals surface area contributed by atoms with E-state index in [0.29, 0.717) is 28.4 Å². The van der Waals surface area contributed by atoms with Crippen LogP contribution in [0.25, 0.3) is 0 Å². The Bertz CT molecular complexity index is 626. The number of hydrogen-bond donors (Lipinski definition) is 2. The molecule has 5 heteroatoms. The van der Waals surface area contributed by atoms with Gasteiger partial charge >= 0.3 is 0 Å². The van der Waals surface area contributed by atoms with Gasteiger partial charge < -0.3 is 20.5 Å². The Hall–Kier alpha value is -2.69. The van der Waals surface area contributed by atoms with Crippen molar-refractivity contribution in [2.24, 2.45) is 0 Å². The lowest BCUT2D eigenvalue weighted by molar-refractivity contribution is 0.102. The Morgan fingerprint density at radius 1 is 1.10 bits per heavy atom. The Kier molecular flexibility index (Phi) is 4.10. The van der Waals surface area contributed by atoms with Gasteiger partial charge in [-0.1, -0.05) is 6.07 Å². The first-order chi connectivity index (χ1) is 9.63. The average Bonchev–Trinajstić information content (AvgIpc) is 2.46. The van der Waals surface area contributed by atoms with Crippen LogP contribution < -0.4 is 20.5 Å². The van der Waals surface area contributed by atoms with E-state index >= 15 is 0 Å². The van der Waals surface area contributed by atoms with Gasteiger partial charge in [0, 0.05) is 17.4 Å². The maximum atomic E-state index is 12.2. The van der Waals surface area contributed by atoms with Crippen molar-refractivity contribution in [3.63, 3.8) is 0 Å². The van der Waals surface area contributed by atoms with Gasteiger partial charge in [-0.3, -0.25) is 4.79 Å². The molecule has 0 atom stereocenters. The first kappa shape index (κ1) is 13.7. The van der Waals surface area contributed by atoms with E-state index in [1.807, 2.05) is 0 Å². The maximum Gasteiger partial charge on any atom is 0.259 e. The van der Waals surface area contributed by atoms with Crippen LogP contribution in [0.4, 0.5) is 11.4 Å². The van der Waals surface area contributed by atoms with Crippen LogP contribution in [0.5, 0.6) is 11.5 Å². The van der Waals surface area contributed by atoms with Crippen LogP contribution in [-0.2, 0) is 0 Å². The quantitative estimate of drug-likeness (QED) is 0.839. The molecule has 0 heterocycles. The molecular weight excluding hydrogens is 256 g/mol. The van der Waals surface area contributed by atoms with E-state index in [2.05, 4.69) is 5.32 Å². The molecule has 0 bridgehead atoms. The molecule has 2 rings (SSSR count). The lowest BCUT2D eigenvalue weighted by Gasteiger charge is -2.11. The number of hydrogen-bond acceptors (Lipinski definition) is 4. The summed E-state index contributed by atoms with van der Waals surface area (Å²) in [5.41, 5.74) is 7.32. The minimum absolute atomic E-state index is 0.268. The van der Waals surface area contributed by atoms with Crippen LogP contribution in [0.2, 0.25) is 0 Å². The fourth-order valence-corrected chi connectivity index (χ4v) is 1.80. The van der Waals surface area contributed by atoms with Crippen LogP contribution in [-0.4, -0.2) is 20.1 Å². The molecule has 0 unspecified atom stereocenters. The molecule has 2 aromatic carbocycles. The highest BCUT2D eigenvalue weighted by Gasteiger charge is 2.13. The molecule has 0 aliphatic carbocycles. The Morgan fingerprint density at radius 3 is 2.55 bits per heavy atom. The maximum absolute atomic E-state index is 12.2. The third-order valence-electron chi connectivity index (χ3n) is 2.80. The molecule has 20 heavy (non-hydrogen) atoms. The lowest BCUT2D eigenvalue weighted by Crippen LogP contribution is -2.13. The van der Waals surface area contributed by atoms with Crippen LogP contribution in [0.3, 0.4) is 0 Å². The summed E-state index contributed by atoms with van der Waals surface area (Å²) in [6.45, 7) is 0. The minimum Gasteiger partial charge on any atom is -0.497 e. The number of nitrogens with two attached hydrogens (primary N) is 1. The summed E-state index contributed by atoms with van der Waals surface area (Å²) in [5, 5.41) is 2.77. The highest BCUT2D eigenvalue weighted by Crippen LogP contribution is 2.25. The number of ether oxygens (including phenoxy) is 2. The summed E-state index contributed by atoms with van der Waals surface area (Å²) in [5.74, 6) is 0.809. The second-order valence-corrected chi connectivity index (χ2v) is 4.15. The van der Waals surface area contributed by atoms with Crippen molar-refractivity contribution in [2.75, 3.05) is 25.3 Å². The Balaban J connectivity index is 2.25. The number of anilines is 2. The molecule has 104 valence electrons. The number of methoxy groups -OCH3 is 2. The fraction of sp³-hybridized carbons (Fsp3) is 0.133. The number of carbonyl (C=O) groups excluding carboxylic acids is 1. The van der Waals surface area contributed by atoms with E-state index in [1.54, 1.807) is 49.6 Å². The fourth-order valence-electron chi connectivity index (χ4n) is 1.80. The topological polar surface area (TPSA) is 73.6 Å². The standard InChI is InChI=1S/C15H16N2O3/c1-19-12-6-7-13(14(9-12)20-2)15(18)17-11-5-3-4-10(16)8-11/h3-9H,16H2,1-2H3,(H,17,18). The smallest absolute Gasteiger partial charge is 0.259 e. The molecule has 0 aliphatic rings. The summed E-state index contributed by atoms with van der Waals surface area (Å²) < 4.78 is 10.3. The van der Waals surface area contributed by atoms with E-state index in [0.717, 1.165) is 0 Å². The van der Waals surface area contributed by atoms with Gasteiger partial charge in [0.25, 0.3) is 5.91 Å². The largest absolute Gasteiger partial charge is 0.497 e. The van der Waals surface area contributed by atoms with Gasteiger partial charge in [-0.15, -0.1) is 0 Å². The van der Waals surface area contributed by atoms with Gasteiger partial charge in [-0.05, 0) is 30.3 Å². The number of nitrogens with one attached hydrogen (secondary N) is 1. The molecule has 0 aliphatic heterocycles. The first-order valence-electron chi connectivity index (χ1n) is 6.03. The van der Waals surface area contributed by atoms with Crippen LogP contribution >= 0.6 is 0 Å². The number of nitrogen functional groups attached to an aromatic ring is 1. The van der Waals surface area contributed by atoms with Gasteiger partial charge in [-0.2, -0.15) is 0 Å². The van der Waals surface area contributed by atoms with Crippen LogP contribution in [0.15, 0.2) is 42.5 Å². The third-order valence-corrected chi connectivity index (χ3v) is 2.80. The zero-order chi connectivity index (χ0) is 14.5. The molecular formula is C15H16N2O3. The number of carbonyl (C=O) groups is 1. The number of amides is 1. The second-order valence-electron chi connectivity index (χ2n) is 4.15. The average molecular weight is 272 g/mol. The van der Waals surface area contributed by atoms with E-state index < -0.39 is 0 Å². The van der Waals surface area contributed by atoms with Crippen molar-refractivity contribution in [2.45, 2.75) is 0 Å². The molecule has 1 amide bonds. The zero-order valence-electron chi connectivity index (χ0n) is 11.3. The molecule has 3 N–H and O–H groups in total. The molecule has 0 fully saturated rings. The first-order valence-corrected chi connectivity index (χ1v) is 6.03.